The maximum Gasteiger partial charge on any atom is 0.0388 e. The average molecular weight is 288 g/mol. The molecule has 1 aliphatic rings. The van der Waals surface area contributed by atoms with E-state index >= 15 is 0 Å². The molecule has 2 heteroatoms. The van der Waals surface area contributed by atoms with Crippen molar-refractivity contribution in [2.24, 2.45) is 5.73 Å². The summed E-state index contributed by atoms with van der Waals surface area (Å²) >= 11 is 0. The monoisotopic (exact) mass is 288 g/mol. The normalized spacial score (nSPS) is 17.0. The van der Waals surface area contributed by atoms with Crippen molar-refractivity contribution in [2.75, 3.05) is 11.9 Å². The Kier molecular flexibility index (Phi) is 3.32. The van der Waals surface area contributed by atoms with Crippen LogP contribution in [0.4, 0.5) is 5.69 Å². The van der Waals surface area contributed by atoms with Gasteiger partial charge in [-0.25, -0.2) is 0 Å². The first kappa shape index (κ1) is 13.4. The Morgan fingerprint density at radius 1 is 1.00 bits per heavy atom. The number of hydrogen-bond acceptors (Lipinski definition) is 2. The number of rotatable bonds is 2. The van der Waals surface area contributed by atoms with Crippen molar-refractivity contribution in [1.29, 1.82) is 0 Å². The third-order valence-corrected chi connectivity index (χ3v) is 4.56. The molecule has 1 unspecified atom stereocenters. The van der Waals surface area contributed by atoms with Gasteiger partial charge in [0.1, 0.15) is 0 Å². The van der Waals surface area contributed by atoms with Crippen LogP contribution in [0.1, 0.15) is 29.2 Å². The highest BCUT2D eigenvalue weighted by molar-refractivity contribution is 5.86. The molecule has 2 nitrogen and oxygen atoms in total. The van der Waals surface area contributed by atoms with Crippen molar-refractivity contribution >= 4 is 16.5 Å². The minimum absolute atomic E-state index is 0.156. The molecule has 22 heavy (non-hydrogen) atoms. The van der Waals surface area contributed by atoms with Crippen molar-refractivity contribution in [3.8, 4) is 0 Å². The number of nitrogens with one attached hydrogen (secondary N) is 1. The van der Waals surface area contributed by atoms with Gasteiger partial charge in [-0.3, -0.25) is 0 Å². The summed E-state index contributed by atoms with van der Waals surface area (Å²) in [6.07, 6.45) is 1.95. The minimum atomic E-state index is 0.156. The average Bonchev–Trinajstić information content (AvgIpc) is 2.56. The summed E-state index contributed by atoms with van der Waals surface area (Å²) < 4.78 is 0. The predicted octanol–water partition coefficient (Wildman–Crippen LogP) is 4.25. The van der Waals surface area contributed by atoms with Crippen molar-refractivity contribution in [3.63, 3.8) is 0 Å². The molecule has 4 rings (SSSR count). The minimum Gasteiger partial charge on any atom is -0.385 e. The van der Waals surface area contributed by atoms with Crippen LogP contribution >= 0.6 is 0 Å². The van der Waals surface area contributed by atoms with E-state index in [2.05, 4.69) is 66.0 Å². The largest absolute Gasteiger partial charge is 0.385 e. The van der Waals surface area contributed by atoms with Crippen LogP contribution in [-0.2, 0) is 6.42 Å². The Labute approximate surface area is 131 Å². The smallest absolute Gasteiger partial charge is 0.0388 e. The van der Waals surface area contributed by atoms with Crippen LogP contribution in [0.5, 0.6) is 0 Å². The zero-order chi connectivity index (χ0) is 14.9. The molecule has 0 aromatic heterocycles. The molecule has 0 saturated heterocycles. The lowest BCUT2D eigenvalue weighted by Crippen LogP contribution is -2.22. The Hall–Kier alpha value is -2.32. The van der Waals surface area contributed by atoms with E-state index in [1.165, 1.54) is 33.2 Å². The molecule has 3 aromatic carbocycles. The highest BCUT2D eigenvalue weighted by Crippen LogP contribution is 2.30. The van der Waals surface area contributed by atoms with Crippen LogP contribution in [0.2, 0.25) is 0 Å². The van der Waals surface area contributed by atoms with Crippen molar-refractivity contribution < 1.29 is 0 Å². The molecule has 0 aliphatic carbocycles. The van der Waals surface area contributed by atoms with Crippen LogP contribution in [-0.4, -0.2) is 6.54 Å². The van der Waals surface area contributed by atoms with Gasteiger partial charge in [0.05, 0.1) is 0 Å². The lowest BCUT2D eigenvalue weighted by molar-refractivity contribution is 0.654. The zero-order valence-electron chi connectivity index (χ0n) is 12.5. The van der Waals surface area contributed by atoms with Crippen LogP contribution in [0.3, 0.4) is 0 Å². The van der Waals surface area contributed by atoms with Gasteiger partial charge in [0.15, 0.2) is 0 Å². The fraction of sp³-hybridized carbons (Fsp3) is 0.200. The second-order valence-corrected chi connectivity index (χ2v) is 6.06. The van der Waals surface area contributed by atoms with Crippen molar-refractivity contribution in [1.82, 2.24) is 0 Å². The molecule has 0 radical (unpaired) electrons. The first-order valence-electron chi connectivity index (χ1n) is 7.90. The number of fused-ring (bicyclic) bond motifs is 2. The van der Waals surface area contributed by atoms with Gasteiger partial charge in [0, 0.05) is 18.3 Å². The van der Waals surface area contributed by atoms with Gasteiger partial charge in [-0.2, -0.15) is 0 Å². The van der Waals surface area contributed by atoms with E-state index in [0.29, 0.717) is 0 Å². The van der Waals surface area contributed by atoms with Crippen molar-refractivity contribution in [3.05, 3.63) is 77.4 Å². The molecular formula is C20H20N2. The van der Waals surface area contributed by atoms with Crippen LogP contribution < -0.4 is 11.1 Å². The van der Waals surface area contributed by atoms with E-state index in [1.54, 1.807) is 0 Å². The fourth-order valence-corrected chi connectivity index (χ4v) is 3.37. The number of hydrogen-bond donors (Lipinski definition) is 2. The Morgan fingerprint density at radius 2 is 1.86 bits per heavy atom. The summed E-state index contributed by atoms with van der Waals surface area (Å²) in [4.78, 5) is 0. The highest BCUT2D eigenvalue weighted by atomic mass is 14.9. The quantitative estimate of drug-likeness (QED) is 0.740. The van der Waals surface area contributed by atoms with Gasteiger partial charge < -0.3 is 11.1 Å². The third-order valence-electron chi connectivity index (χ3n) is 4.56. The van der Waals surface area contributed by atoms with Crippen LogP contribution in [0.25, 0.3) is 10.8 Å². The summed E-state index contributed by atoms with van der Waals surface area (Å²) in [5, 5.41) is 6.07. The lowest BCUT2D eigenvalue weighted by atomic mass is 9.93. The molecule has 0 fully saturated rings. The first-order chi connectivity index (χ1) is 10.8. The van der Waals surface area contributed by atoms with Crippen LogP contribution in [0.15, 0.2) is 60.7 Å². The summed E-state index contributed by atoms with van der Waals surface area (Å²) in [5.74, 6) is 0. The topological polar surface area (TPSA) is 38.0 Å². The van der Waals surface area contributed by atoms with Gasteiger partial charge in [-0.1, -0.05) is 54.6 Å². The molecule has 0 bridgehead atoms. The molecule has 1 heterocycles. The number of nitrogens with two attached hydrogens (primary N) is 1. The number of anilines is 1. The standard InChI is InChI=1S/C20H20N2/c21-19-10-11-22-20-9-8-14(13-18(19)20)12-16-6-3-5-15-4-1-2-7-17(15)16/h1-9,13,19,22H,10-12,21H2. The maximum atomic E-state index is 6.26. The van der Waals surface area contributed by atoms with Gasteiger partial charge in [-0.05, 0) is 46.4 Å². The van der Waals surface area contributed by atoms with Crippen LogP contribution in [0, 0.1) is 0 Å². The molecule has 0 saturated carbocycles. The summed E-state index contributed by atoms with van der Waals surface area (Å²) in [6, 6.07) is 21.9. The summed E-state index contributed by atoms with van der Waals surface area (Å²) in [7, 11) is 0. The Morgan fingerprint density at radius 3 is 2.82 bits per heavy atom. The predicted molar refractivity (Wildman–Crippen MR) is 93.2 cm³/mol. The second kappa shape index (κ2) is 5.47. The maximum absolute atomic E-state index is 6.26. The van der Waals surface area contributed by atoms with E-state index in [0.717, 1.165) is 19.4 Å². The summed E-state index contributed by atoms with van der Waals surface area (Å²) in [5.41, 5.74) is 11.4. The van der Waals surface area contributed by atoms with Gasteiger partial charge >= 0.3 is 0 Å². The van der Waals surface area contributed by atoms with Crippen molar-refractivity contribution in [2.45, 2.75) is 18.9 Å². The van der Waals surface area contributed by atoms with E-state index in [9.17, 15) is 0 Å². The van der Waals surface area contributed by atoms with E-state index in [1.807, 2.05) is 0 Å². The Bertz CT molecular complexity index is 818. The SMILES string of the molecule is NC1CCNc2ccc(Cc3cccc4ccccc34)cc21. The van der Waals surface area contributed by atoms with E-state index < -0.39 is 0 Å². The van der Waals surface area contributed by atoms with Gasteiger partial charge in [0.2, 0.25) is 0 Å². The van der Waals surface area contributed by atoms with E-state index in [-0.39, 0.29) is 6.04 Å². The molecule has 3 aromatic rings. The molecule has 0 amide bonds. The van der Waals surface area contributed by atoms with Gasteiger partial charge in [0.25, 0.3) is 0 Å². The molecule has 110 valence electrons. The molecule has 3 N–H and O–H groups in total. The summed E-state index contributed by atoms with van der Waals surface area (Å²) in [6.45, 7) is 0.969. The molecular weight excluding hydrogens is 268 g/mol. The molecule has 1 atom stereocenters. The molecule has 1 aliphatic heterocycles. The second-order valence-electron chi connectivity index (χ2n) is 6.06. The first-order valence-corrected chi connectivity index (χ1v) is 7.90. The number of benzene rings is 3. The highest BCUT2D eigenvalue weighted by Gasteiger charge is 2.16. The third kappa shape index (κ3) is 2.36. The van der Waals surface area contributed by atoms with Gasteiger partial charge in [-0.15, -0.1) is 0 Å². The molecule has 0 spiro atoms. The Balaban J connectivity index is 1.72. The lowest BCUT2D eigenvalue weighted by Gasteiger charge is -2.24. The zero-order valence-corrected chi connectivity index (χ0v) is 12.5. The fourth-order valence-electron chi connectivity index (χ4n) is 3.37. The van der Waals surface area contributed by atoms with E-state index in [4.69, 9.17) is 5.73 Å².